The Balaban J connectivity index is 2.27. The highest BCUT2D eigenvalue weighted by Crippen LogP contribution is 2.25. The molecule has 4 heteroatoms. The molecule has 15 heavy (non-hydrogen) atoms. The lowest BCUT2D eigenvalue weighted by Gasteiger charge is -2.23. The Morgan fingerprint density at radius 2 is 2.27 bits per heavy atom. The molecule has 1 amide bonds. The lowest BCUT2D eigenvalue weighted by atomic mass is 10.1. The molecule has 2 nitrogen and oxygen atoms in total. The molecule has 0 bridgehead atoms. The second-order valence-corrected chi connectivity index (χ2v) is 6.34. The molecular weight excluding hydrogens is 230 g/mol. The Labute approximate surface area is 102 Å². The molecule has 1 heterocycles. The van der Waals surface area contributed by atoms with E-state index in [1.807, 2.05) is 13.8 Å². The zero-order valence-electron chi connectivity index (χ0n) is 9.46. The maximum Gasteiger partial charge on any atom is 0.233 e. The summed E-state index contributed by atoms with van der Waals surface area (Å²) in [6, 6.07) is 0.188. The molecule has 88 valence electrons. The summed E-state index contributed by atoms with van der Waals surface area (Å²) in [6.45, 7) is 3.98. The number of alkyl halides is 1. The number of hydrogen-bond donors (Lipinski definition) is 1. The Hall–Kier alpha value is 0.110. The van der Waals surface area contributed by atoms with Crippen LogP contribution in [0.1, 0.15) is 39.5 Å². The average Bonchev–Trinajstić information content (AvgIpc) is 2.17. The van der Waals surface area contributed by atoms with E-state index in [2.05, 4.69) is 5.32 Å². The van der Waals surface area contributed by atoms with Gasteiger partial charge in [0.2, 0.25) is 5.91 Å². The second kappa shape index (κ2) is 6.64. The van der Waals surface area contributed by atoms with Crippen LogP contribution in [0.15, 0.2) is 0 Å². The monoisotopic (exact) mass is 249 g/mol. The van der Waals surface area contributed by atoms with Gasteiger partial charge in [0.25, 0.3) is 0 Å². The predicted molar refractivity (Wildman–Crippen MR) is 67.6 cm³/mol. The van der Waals surface area contributed by atoms with Crippen LogP contribution in [0.5, 0.6) is 0 Å². The third-order valence-corrected chi connectivity index (χ3v) is 4.09. The Morgan fingerprint density at radius 3 is 2.80 bits per heavy atom. The van der Waals surface area contributed by atoms with E-state index in [1.165, 1.54) is 12.8 Å². The summed E-state index contributed by atoms with van der Waals surface area (Å²) in [5.74, 6) is 1.32. The van der Waals surface area contributed by atoms with Gasteiger partial charge in [0.15, 0.2) is 0 Å². The van der Waals surface area contributed by atoms with E-state index in [-0.39, 0.29) is 22.6 Å². The number of carbonyl (C=O) groups is 1. The third kappa shape index (κ3) is 5.12. The molecule has 0 aromatic rings. The summed E-state index contributed by atoms with van der Waals surface area (Å²) in [5, 5.41) is 3.33. The molecule has 1 N–H and O–H groups in total. The van der Waals surface area contributed by atoms with E-state index in [0.29, 0.717) is 0 Å². The summed E-state index contributed by atoms with van der Waals surface area (Å²) >= 11 is 7.67. The van der Waals surface area contributed by atoms with Crippen LogP contribution in [0.3, 0.4) is 0 Å². The van der Waals surface area contributed by atoms with Crippen LogP contribution in [0.4, 0.5) is 0 Å². The maximum atomic E-state index is 11.8. The van der Waals surface area contributed by atoms with Crippen molar-refractivity contribution in [2.24, 2.45) is 0 Å². The SMILES string of the molecule is CC(Cl)CC(C)NC(=O)C1CCCCS1. The van der Waals surface area contributed by atoms with Crippen LogP contribution in [0.2, 0.25) is 0 Å². The zero-order valence-corrected chi connectivity index (χ0v) is 11.0. The molecule has 1 aliphatic heterocycles. The molecule has 0 aromatic carbocycles. The lowest BCUT2D eigenvalue weighted by Crippen LogP contribution is -2.40. The van der Waals surface area contributed by atoms with Crippen molar-refractivity contribution in [3.8, 4) is 0 Å². The van der Waals surface area contributed by atoms with Gasteiger partial charge in [-0.2, -0.15) is 0 Å². The molecule has 1 fully saturated rings. The standard InChI is InChI=1S/C11H20ClNOS/c1-8(12)7-9(2)13-11(14)10-5-3-4-6-15-10/h8-10H,3-7H2,1-2H3,(H,13,14). The first-order valence-corrected chi connectivity index (χ1v) is 7.14. The van der Waals surface area contributed by atoms with Gasteiger partial charge < -0.3 is 5.32 Å². The van der Waals surface area contributed by atoms with Crippen molar-refractivity contribution in [3.63, 3.8) is 0 Å². The number of halogens is 1. The van der Waals surface area contributed by atoms with Crippen molar-refractivity contribution in [2.75, 3.05) is 5.75 Å². The molecule has 3 unspecified atom stereocenters. The zero-order chi connectivity index (χ0) is 11.3. The van der Waals surface area contributed by atoms with Crippen molar-refractivity contribution in [1.82, 2.24) is 5.32 Å². The summed E-state index contributed by atoms with van der Waals surface area (Å²) in [4.78, 5) is 11.8. The number of hydrogen-bond acceptors (Lipinski definition) is 2. The van der Waals surface area contributed by atoms with Crippen molar-refractivity contribution in [2.45, 2.75) is 56.2 Å². The normalized spacial score (nSPS) is 25.7. The van der Waals surface area contributed by atoms with Crippen molar-refractivity contribution in [3.05, 3.63) is 0 Å². The molecule has 1 aliphatic rings. The minimum absolute atomic E-state index is 0.124. The smallest absolute Gasteiger partial charge is 0.233 e. The van der Waals surface area contributed by atoms with Gasteiger partial charge in [-0.1, -0.05) is 6.42 Å². The van der Waals surface area contributed by atoms with Crippen molar-refractivity contribution in [1.29, 1.82) is 0 Å². The van der Waals surface area contributed by atoms with E-state index in [0.717, 1.165) is 18.6 Å². The highest BCUT2D eigenvalue weighted by Gasteiger charge is 2.22. The van der Waals surface area contributed by atoms with Crippen LogP contribution >= 0.6 is 23.4 Å². The summed E-state index contributed by atoms with van der Waals surface area (Å²) in [5.41, 5.74) is 0. The van der Waals surface area contributed by atoms with Crippen LogP contribution in [-0.2, 0) is 4.79 Å². The molecule has 0 radical (unpaired) electrons. The molecule has 0 saturated carbocycles. The van der Waals surface area contributed by atoms with Crippen molar-refractivity contribution >= 4 is 29.3 Å². The summed E-state index contributed by atoms with van der Waals surface area (Å²) < 4.78 is 0. The quantitative estimate of drug-likeness (QED) is 0.777. The molecular formula is C11H20ClNOS. The first-order valence-electron chi connectivity index (χ1n) is 5.65. The van der Waals surface area contributed by atoms with E-state index >= 15 is 0 Å². The second-order valence-electron chi connectivity index (χ2n) is 4.28. The van der Waals surface area contributed by atoms with Gasteiger partial charge >= 0.3 is 0 Å². The third-order valence-electron chi connectivity index (χ3n) is 2.54. The minimum atomic E-state index is 0.124. The first kappa shape index (κ1) is 13.2. The summed E-state index contributed by atoms with van der Waals surface area (Å²) in [7, 11) is 0. The topological polar surface area (TPSA) is 29.1 Å². The number of amides is 1. The summed E-state index contributed by atoms with van der Waals surface area (Å²) in [6.07, 6.45) is 4.30. The Kier molecular flexibility index (Phi) is 5.83. The molecule has 0 aromatic heterocycles. The molecule has 0 aliphatic carbocycles. The lowest BCUT2D eigenvalue weighted by molar-refractivity contribution is -0.121. The van der Waals surface area contributed by atoms with Gasteiger partial charge in [-0.05, 0) is 38.9 Å². The average molecular weight is 250 g/mol. The molecule has 0 spiro atoms. The van der Waals surface area contributed by atoms with Gasteiger partial charge in [0, 0.05) is 11.4 Å². The van der Waals surface area contributed by atoms with Gasteiger partial charge in [-0.25, -0.2) is 0 Å². The number of carbonyl (C=O) groups excluding carboxylic acids is 1. The molecule has 3 atom stereocenters. The number of thioether (sulfide) groups is 1. The van der Waals surface area contributed by atoms with E-state index in [1.54, 1.807) is 11.8 Å². The van der Waals surface area contributed by atoms with Gasteiger partial charge in [0.05, 0.1) is 5.25 Å². The van der Waals surface area contributed by atoms with E-state index in [4.69, 9.17) is 11.6 Å². The predicted octanol–water partition coefficient (Wildman–Crippen LogP) is 2.79. The number of rotatable bonds is 4. The van der Waals surface area contributed by atoms with Crippen LogP contribution < -0.4 is 5.32 Å². The van der Waals surface area contributed by atoms with E-state index < -0.39 is 0 Å². The van der Waals surface area contributed by atoms with Crippen molar-refractivity contribution < 1.29 is 4.79 Å². The van der Waals surface area contributed by atoms with E-state index in [9.17, 15) is 4.79 Å². The fraction of sp³-hybridized carbons (Fsp3) is 0.909. The van der Waals surface area contributed by atoms with Crippen LogP contribution in [0, 0.1) is 0 Å². The Morgan fingerprint density at radius 1 is 1.53 bits per heavy atom. The van der Waals surface area contributed by atoms with Gasteiger partial charge in [0.1, 0.15) is 0 Å². The number of nitrogens with one attached hydrogen (secondary N) is 1. The molecule has 1 rings (SSSR count). The van der Waals surface area contributed by atoms with Gasteiger partial charge in [-0.15, -0.1) is 23.4 Å². The minimum Gasteiger partial charge on any atom is -0.353 e. The fourth-order valence-electron chi connectivity index (χ4n) is 1.83. The first-order chi connectivity index (χ1) is 7.09. The maximum absolute atomic E-state index is 11.8. The highest BCUT2D eigenvalue weighted by molar-refractivity contribution is 8.00. The van der Waals surface area contributed by atoms with Crippen LogP contribution in [-0.4, -0.2) is 28.3 Å². The Bertz CT molecular complexity index is 205. The van der Waals surface area contributed by atoms with Crippen LogP contribution in [0.25, 0.3) is 0 Å². The molecule has 1 saturated heterocycles. The fourth-order valence-corrected chi connectivity index (χ4v) is 3.30. The largest absolute Gasteiger partial charge is 0.353 e. The van der Waals surface area contributed by atoms with Gasteiger partial charge in [-0.3, -0.25) is 4.79 Å². The highest BCUT2D eigenvalue weighted by atomic mass is 35.5.